The van der Waals surface area contributed by atoms with Gasteiger partial charge in [0.2, 0.25) is 5.82 Å². The van der Waals surface area contributed by atoms with Crippen LogP contribution in [0.1, 0.15) is 23.0 Å². The molecule has 5 rings (SSSR count). The third-order valence-electron chi connectivity index (χ3n) is 6.45. The molecule has 1 atom stereocenters. The number of methoxy groups -OCH3 is 1. The average molecular weight is 460 g/mol. The van der Waals surface area contributed by atoms with Crippen LogP contribution in [0.3, 0.4) is 0 Å². The molecule has 4 aromatic rings. The Morgan fingerprint density at radius 2 is 1.65 bits per heavy atom. The van der Waals surface area contributed by atoms with Gasteiger partial charge in [-0.05, 0) is 64.5 Å². The number of piperazine rings is 1. The maximum absolute atomic E-state index is 13.4. The van der Waals surface area contributed by atoms with E-state index in [0.29, 0.717) is 6.54 Å². The summed E-state index contributed by atoms with van der Waals surface area (Å²) in [6, 6.07) is 25.1. The van der Waals surface area contributed by atoms with Crippen LogP contribution < -0.4 is 14.5 Å². The van der Waals surface area contributed by atoms with Crippen LogP contribution in [0.25, 0.3) is 0 Å². The summed E-state index contributed by atoms with van der Waals surface area (Å²) in [6.45, 7) is 4.29. The lowest BCUT2D eigenvalue weighted by Crippen LogP contribution is -3.15. The van der Waals surface area contributed by atoms with Gasteiger partial charge in [0.25, 0.3) is 0 Å². The predicted octanol–water partition coefficient (Wildman–Crippen LogP) is 2.36. The lowest BCUT2D eigenvalue weighted by Gasteiger charge is -2.37. The molecule has 0 saturated carbocycles. The van der Waals surface area contributed by atoms with Crippen molar-refractivity contribution in [3.05, 3.63) is 102 Å². The molecular weight excluding hydrogens is 431 g/mol. The van der Waals surface area contributed by atoms with Crippen molar-refractivity contribution >= 4 is 5.69 Å². The van der Waals surface area contributed by atoms with Crippen LogP contribution in [-0.4, -0.2) is 53.5 Å². The van der Waals surface area contributed by atoms with E-state index < -0.39 is 0 Å². The minimum Gasteiger partial charge on any atom is -0.497 e. The summed E-state index contributed by atoms with van der Waals surface area (Å²) in [7, 11) is 1.67. The van der Waals surface area contributed by atoms with Crippen LogP contribution in [0.2, 0.25) is 0 Å². The molecule has 0 amide bonds. The number of aromatic nitrogens is 4. The first-order valence-electron chi connectivity index (χ1n) is 11.5. The highest BCUT2D eigenvalue weighted by Gasteiger charge is 2.34. The van der Waals surface area contributed by atoms with Crippen molar-refractivity contribution in [1.29, 1.82) is 0 Å². The van der Waals surface area contributed by atoms with E-state index in [1.54, 1.807) is 19.2 Å². The van der Waals surface area contributed by atoms with E-state index >= 15 is 0 Å². The summed E-state index contributed by atoms with van der Waals surface area (Å²) < 4.78 is 20.6. The highest BCUT2D eigenvalue weighted by Crippen LogP contribution is 2.22. The standard InChI is InChI=1S/C26H27FN6O/c1-34-24-13-9-21(10-14-24)25(32-17-15-31(16-18-32)23-5-3-2-4-6-23)26-28-29-30-33(26)19-20-7-11-22(27)12-8-20/h2-14,25H,15-19H2,1H3/p+1/t25-/m1/s1. The number of ether oxygens (including phenoxy) is 1. The Balaban J connectivity index is 1.43. The number of nitrogens with zero attached hydrogens (tertiary/aromatic N) is 5. The van der Waals surface area contributed by atoms with Gasteiger partial charge in [-0.15, -0.1) is 5.10 Å². The van der Waals surface area contributed by atoms with E-state index in [1.807, 2.05) is 22.9 Å². The summed E-state index contributed by atoms with van der Waals surface area (Å²) >= 11 is 0. The molecule has 7 nitrogen and oxygen atoms in total. The molecule has 0 radical (unpaired) electrons. The maximum Gasteiger partial charge on any atom is 0.214 e. The maximum atomic E-state index is 13.4. The van der Waals surface area contributed by atoms with Crippen molar-refractivity contribution < 1.29 is 14.0 Å². The Morgan fingerprint density at radius 1 is 0.941 bits per heavy atom. The van der Waals surface area contributed by atoms with Gasteiger partial charge in [-0.3, -0.25) is 0 Å². The van der Waals surface area contributed by atoms with Crippen LogP contribution >= 0.6 is 0 Å². The van der Waals surface area contributed by atoms with Gasteiger partial charge in [-0.2, -0.15) is 0 Å². The second-order valence-electron chi connectivity index (χ2n) is 8.51. The van der Waals surface area contributed by atoms with Gasteiger partial charge >= 0.3 is 0 Å². The summed E-state index contributed by atoms with van der Waals surface area (Å²) in [6.07, 6.45) is 0. The Kier molecular flexibility index (Phi) is 6.49. The first-order chi connectivity index (χ1) is 16.7. The van der Waals surface area contributed by atoms with Crippen LogP contribution in [0.4, 0.5) is 10.1 Å². The molecule has 0 unspecified atom stereocenters. The predicted molar refractivity (Wildman–Crippen MR) is 128 cm³/mol. The van der Waals surface area contributed by atoms with Crippen molar-refractivity contribution in [3.8, 4) is 5.75 Å². The van der Waals surface area contributed by atoms with Gasteiger partial charge in [0.05, 0.1) is 39.8 Å². The highest BCUT2D eigenvalue weighted by molar-refractivity contribution is 5.46. The zero-order valence-corrected chi connectivity index (χ0v) is 19.1. The molecule has 8 heteroatoms. The number of hydrogen-bond donors (Lipinski definition) is 1. The molecule has 3 aromatic carbocycles. The van der Waals surface area contributed by atoms with Crippen LogP contribution in [0.15, 0.2) is 78.9 Å². The molecule has 1 aliphatic rings. The normalized spacial score (nSPS) is 15.3. The third kappa shape index (κ3) is 4.77. The fraction of sp³-hybridized carbons (Fsp3) is 0.269. The second-order valence-corrected chi connectivity index (χ2v) is 8.51. The fourth-order valence-corrected chi connectivity index (χ4v) is 4.64. The van der Waals surface area contributed by atoms with Gasteiger partial charge in [-0.25, -0.2) is 9.07 Å². The Bertz CT molecular complexity index is 1190. The molecule has 1 aromatic heterocycles. The Labute approximate surface area is 198 Å². The fourth-order valence-electron chi connectivity index (χ4n) is 4.64. The minimum atomic E-state index is -0.252. The number of nitrogens with one attached hydrogen (secondary N) is 1. The van der Waals surface area contributed by atoms with Crippen LogP contribution in [-0.2, 0) is 6.54 Å². The van der Waals surface area contributed by atoms with Gasteiger partial charge < -0.3 is 14.5 Å². The van der Waals surface area contributed by atoms with Gasteiger partial charge in [0.15, 0.2) is 6.04 Å². The van der Waals surface area contributed by atoms with Gasteiger partial charge in [-0.1, -0.05) is 30.3 Å². The van der Waals surface area contributed by atoms with E-state index in [9.17, 15) is 4.39 Å². The molecule has 1 fully saturated rings. The van der Waals surface area contributed by atoms with Gasteiger partial charge in [0, 0.05) is 11.3 Å². The van der Waals surface area contributed by atoms with Crippen molar-refractivity contribution in [2.24, 2.45) is 0 Å². The van der Waals surface area contributed by atoms with E-state index in [0.717, 1.165) is 48.9 Å². The zero-order chi connectivity index (χ0) is 23.3. The molecule has 0 bridgehead atoms. The number of para-hydroxylation sites is 1. The quantitative estimate of drug-likeness (QED) is 0.460. The Hall–Kier alpha value is -3.78. The number of rotatable bonds is 7. The highest BCUT2D eigenvalue weighted by atomic mass is 19.1. The summed E-state index contributed by atoms with van der Waals surface area (Å²) in [5.74, 6) is 1.37. The Morgan fingerprint density at radius 3 is 2.32 bits per heavy atom. The topological polar surface area (TPSA) is 60.5 Å². The molecule has 174 valence electrons. The van der Waals surface area contributed by atoms with E-state index in [-0.39, 0.29) is 11.9 Å². The lowest BCUT2D eigenvalue weighted by molar-refractivity contribution is -0.927. The van der Waals surface area contributed by atoms with E-state index in [4.69, 9.17) is 4.74 Å². The number of quaternary nitrogens is 1. The third-order valence-corrected chi connectivity index (χ3v) is 6.45. The summed E-state index contributed by atoms with van der Waals surface area (Å²) in [5.41, 5.74) is 3.34. The smallest absolute Gasteiger partial charge is 0.214 e. The molecule has 1 aliphatic heterocycles. The molecule has 34 heavy (non-hydrogen) atoms. The average Bonchev–Trinajstić information content (AvgIpc) is 3.34. The van der Waals surface area contributed by atoms with Crippen LogP contribution in [0, 0.1) is 5.82 Å². The molecule has 1 saturated heterocycles. The van der Waals surface area contributed by atoms with Crippen molar-refractivity contribution in [2.75, 3.05) is 38.2 Å². The second kappa shape index (κ2) is 10.0. The number of hydrogen-bond acceptors (Lipinski definition) is 5. The van der Waals surface area contributed by atoms with Crippen molar-refractivity contribution in [3.63, 3.8) is 0 Å². The van der Waals surface area contributed by atoms with Gasteiger partial charge in [0.1, 0.15) is 11.6 Å². The monoisotopic (exact) mass is 459 g/mol. The van der Waals surface area contributed by atoms with Crippen molar-refractivity contribution in [1.82, 2.24) is 20.2 Å². The lowest BCUT2D eigenvalue weighted by atomic mass is 10.0. The number of benzene rings is 3. The first-order valence-corrected chi connectivity index (χ1v) is 11.5. The largest absolute Gasteiger partial charge is 0.497 e. The number of anilines is 1. The molecule has 1 N–H and O–H groups in total. The minimum absolute atomic E-state index is 0.0284. The number of halogens is 1. The van der Waals surface area contributed by atoms with E-state index in [1.165, 1.54) is 22.7 Å². The molecule has 2 heterocycles. The van der Waals surface area contributed by atoms with Crippen molar-refractivity contribution in [2.45, 2.75) is 12.6 Å². The van der Waals surface area contributed by atoms with E-state index in [2.05, 4.69) is 56.8 Å². The summed E-state index contributed by atoms with van der Waals surface area (Å²) in [5, 5.41) is 12.8. The summed E-state index contributed by atoms with van der Waals surface area (Å²) in [4.78, 5) is 3.84. The molecule has 0 spiro atoms. The van der Waals surface area contributed by atoms with Crippen LogP contribution in [0.5, 0.6) is 5.75 Å². The number of tetrazole rings is 1. The molecular formula is C26H28FN6O+. The zero-order valence-electron chi connectivity index (χ0n) is 19.1. The SMILES string of the molecule is COc1ccc([C@H](c2nnnn2Cc2ccc(F)cc2)[NH+]2CCN(c3ccccc3)CC2)cc1. The first kappa shape index (κ1) is 22.0. The molecule has 0 aliphatic carbocycles.